The van der Waals surface area contributed by atoms with Gasteiger partial charge in [0, 0.05) is 37.0 Å². The first-order valence-corrected chi connectivity index (χ1v) is 7.96. The molecule has 1 amide bonds. The van der Waals surface area contributed by atoms with E-state index >= 15 is 0 Å². The Morgan fingerprint density at radius 3 is 2.67 bits per heavy atom. The normalized spacial score (nSPS) is 10.9. The number of rotatable bonds is 8. The average Bonchev–Trinajstić information content (AvgIpc) is 2.98. The summed E-state index contributed by atoms with van der Waals surface area (Å²) in [7, 11) is 1.81. The molecule has 0 saturated heterocycles. The molecule has 5 heteroatoms. The van der Waals surface area contributed by atoms with Crippen molar-refractivity contribution in [2.75, 3.05) is 0 Å². The number of hydrogen-bond acceptors (Lipinski definition) is 3. The summed E-state index contributed by atoms with van der Waals surface area (Å²) in [6, 6.07) is 12.0. The molecular weight excluding hydrogens is 304 g/mol. The van der Waals surface area contributed by atoms with Crippen LogP contribution in [0.5, 0.6) is 0 Å². The number of ketones is 1. The fourth-order valence-corrected chi connectivity index (χ4v) is 2.50. The van der Waals surface area contributed by atoms with E-state index in [0.29, 0.717) is 12.0 Å². The molecule has 0 atom stereocenters. The number of aryl methyl sites for hydroxylation is 2. The smallest absolute Gasteiger partial charge is 0.267 e. The second-order valence-electron chi connectivity index (χ2n) is 5.69. The van der Waals surface area contributed by atoms with Gasteiger partial charge in [-0.2, -0.15) is 0 Å². The van der Waals surface area contributed by atoms with Crippen molar-refractivity contribution in [3.05, 3.63) is 65.5 Å². The third-order valence-electron chi connectivity index (χ3n) is 3.84. The molecule has 2 N–H and O–H groups in total. The predicted octanol–water partition coefficient (Wildman–Crippen LogP) is 3.14. The van der Waals surface area contributed by atoms with Crippen LogP contribution in [-0.2, 0) is 18.3 Å². The van der Waals surface area contributed by atoms with Crippen molar-refractivity contribution in [1.82, 2.24) is 10.0 Å². The monoisotopic (exact) mass is 326 g/mol. The van der Waals surface area contributed by atoms with Crippen LogP contribution in [0.2, 0.25) is 0 Å². The number of benzene rings is 1. The van der Waals surface area contributed by atoms with Gasteiger partial charge in [0.2, 0.25) is 0 Å². The van der Waals surface area contributed by atoms with E-state index in [1.165, 1.54) is 17.1 Å². The number of hydrogen-bond donors (Lipinski definition) is 2. The van der Waals surface area contributed by atoms with Gasteiger partial charge < -0.3 is 4.57 Å². The van der Waals surface area contributed by atoms with Crippen LogP contribution < -0.4 is 5.48 Å². The number of aromatic nitrogens is 1. The second kappa shape index (κ2) is 8.84. The zero-order valence-electron chi connectivity index (χ0n) is 13.7. The summed E-state index contributed by atoms with van der Waals surface area (Å²) in [5.74, 6) is -0.505. The van der Waals surface area contributed by atoms with E-state index in [-0.39, 0.29) is 5.78 Å². The Morgan fingerprint density at radius 1 is 1.21 bits per heavy atom. The minimum absolute atomic E-state index is 0.102. The molecule has 0 saturated carbocycles. The van der Waals surface area contributed by atoms with E-state index in [1.54, 1.807) is 22.9 Å². The molecule has 2 aromatic rings. The molecular formula is C19H22N2O3. The van der Waals surface area contributed by atoms with E-state index in [1.807, 2.05) is 25.2 Å². The molecule has 126 valence electrons. The van der Waals surface area contributed by atoms with E-state index in [9.17, 15) is 9.59 Å². The Balaban J connectivity index is 1.84. The van der Waals surface area contributed by atoms with Gasteiger partial charge in [-0.3, -0.25) is 14.8 Å². The van der Waals surface area contributed by atoms with Crippen LogP contribution in [0.4, 0.5) is 0 Å². The van der Waals surface area contributed by atoms with Gasteiger partial charge in [-0.1, -0.05) is 30.3 Å². The van der Waals surface area contributed by atoms with E-state index in [2.05, 4.69) is 12.1 Å². The minimum Gasteiger partial charge on any atom is -0.350 e. The number of Topliss-reactive ketones (excluding diaryl/α,β-unsaturated/α-hetero) is 1. The summed E-state index contributed by atoms with van der Waals surface area (Å²) in [5, 5.41) is 8.47. The first-order valence-electron chi connectivity index (χ1n) is 7.96. The molecule has 1 aromatic heterocycles. The SMILES string of the molecule is Cn1cc(C(=O)CCCCc2ccccc2)cc1/C=C/C(=O)NO. The van der Waals surface area contributed by atoms with E-state index in [0.717, 1.165) is 25.0 Å². The van der Waals surface area contributed by atoms with E-state index in [4.69, 9.17) is 5.21 Å². The maximum absolute atomic E-state index is 12.3. The van der Waals surface area contributed by atoms with Crippen LogP contribution in [-0.4, -0.2) is 21.5 Å². The van der Waals surface area contributed by atoms with Crippen molar-refractivity contribution in [3.8, 4) is 0 Å². The topological polar surface area (TPSA) is 71.3 Å². The van der Waals surface area contributed by atoms with Crippen molar-refractivity contribution < 1.29 is 14.8 Å². The Morgan fingerprint density at radius 2 is 1.96 bits per heavy atom. The Kier molecular flexibility index (Phi) is 6.51. The number of carbonyl (C=O) groups is 2. The van der Waals surface area contributed by atoms with Crippen molar-refractivity contribution in [1.29, 1.82) is 0 Å². The molecule has 0 bridgehead atoms. The van der Waals surface area contributed by atoms with Crippen LogP contribution in [0.1, 0.15) is 40.9 Å². The molecule has 2 rings (SSSR count). The highest BCUT2D eigenvalue weighted by Gasteiger charge is 2.09. The number of nitrogens with one attached hydrogen (secondary N) is 1. The van der Waals surface area contributed by atoms with Crippen molar-refractivity contribution >= 4 is 17.8 Å². The molecule has 0 unspecified atom stereocenters. The van der Waals surface area contributed by atoms with Crippen molar-refractivity contribution in [2.24, 2.45) is 7.05 Å². The number of nitrogens with zero attached hydrogens (tertiary/aromatic N) is 1. The molecule has 0 aliphatic heterocycles. The number of carbonyl (C=O) groups excluding carboxylic acids is 2. The third kappa shape index (κ3) is 5.21. The lowest BCUT2D eigenvalue weighted by molar-refractivity contribution is -0.124. The molecule has 0 aliphatic carbocycles. The van der Waals surface area contributed by atoms with Crippen LogP contribution in [0.25, 0.3) is 6.08 Å². The molecule has 1 aromatic carbocycles. The quantitative estimate of drug-likeness (QED) is 0.257. The lowest BCUT2D eigenvalue weighted by atomic mass is 10.0. The summed E-state index contributed by atoms with van der Waals surface area (Å²) in [6.45, 7) is 0. The van der Waals surface area contributed by atoms with Crippen molar-refractivity contribution in [2.45, 2.75) is 25.7 Å². The van der Waals surface area contributed by atoms with Crippen LogP contribution >= 0.6 is 0 Å². The average molecular weight is 326 g/mol. The van der Waals surface area contributed by atoms with Gasteiger partial charge in [0.1, 0.15) is 0 Å². The lowest BCUT2D eigenvalue weighted by Crippen LogP contribution is -2.14. The number of unbranched alkanes of at least 4 members (excludes halogenated alkanes) is 1. The highest BCUT2D eigenvalue weighted by molar-refractivity contribution is 5.97. The second-order valence-corrected chi connectivity index (χ2v) is 5.69. The predicted molar refractivity (Wildman–Crippen MR) is 92.7 cm³/mol. The molecule has 0 radical (unpaired) electrons. The fraction of sp³-hybridized carbons (Fsp3) is 0.263. The first-order chi connectivity index (χ1) is 11.6. The number of hydroxylamine groups is 1. The van der Waals surface area contributed by atoms with Gasteiger partial charge in [-0.25, -0.2) is 5.48 Å². The van der Waals surface area contributed by atoms with Gasteiger partial charge in [-0.15, -0.1) is 0 Å². The molecule has 0 aliphatic rings. The zero-order valence-corrected chi connectivity index (χ0v) is 13.7. The van der Waals surface area contributed by atoms with Crippen LogP contribution in [0.15, 0.2) is 48.7 Å². The maximum atomic E-state index is 12.3. The van der Waals surface area contributed by atoms with E-state index < -0.39 is 5.91 Å². The zero-order chi connectivity index (χ0) is 17.4. The first kappa shape index (κ1) is 17.7. The third-order valence-corrected chi connectivity index (χ3v) is 3.84. The van der Waals surface area contributed by atoms with Gasteiger partial charge in [0.05, 0.1) is 0 Å². The summed E-state index contributed by atoms with van der Waals surface area (Å²) >= 11 is 0. The van der Waals surface area contributed by atoms with Gasteiger partial charge in [-0.05, 0) is 37.0 Å². The van der Waals surface area contributed by atoms with Crippen LogP contribution in [0, 0.1) is 0 Å². The Hall–Kier alpha value is -2.66. The maximum Gasteiger partial charge on any atom is 0.267 e. The standard InChI is InChI=1S/C19H22N2O3/c1-21-14-16(13-17(21)11-12-19(23)20-24)18(22)10-6-5-9-15-7-3-2-4-8-15/h2-4,7-8,11-14,24H,5-6,9-10H2,1H3,(H,20,23)/b12-11+. The van der Waals surface area contributed by atoms with Gasteiger partial charge in [0.15, 0.2) is 5.78 Å². The summed E-state index contributed by atoms with van der Waals surface area (Å²) in [5.41, 5.74) is 4.19. The molecule has 1 heterocycles. The summed E-state index contributed by atoms with van der Waals surface area (Å²) in [4.78, 5) is 23.3. The minimum atomic E-state index is -0.606. The molecule has 0 fully saturated rings. The molecule has 5 nitrogen and oxygen atoms in total. The van der Waals surface area contributed by atoms with Crippen LogP contribution in [0.3, 0.4) is 0 Å². The Bertz CT molecular complexity index is 717. The molecule has 24 heavy (non-hydrogen) atoms. The van der Waals surface area contributed by atoms with Crippen molar-refractivity contribution in [3.63, 3.8) is 0 Å². The molecule has 0 spiro atoms. The van der Waals surface area contributed by atoms with Gasteiger partial charge >= 0.3 is 0 Å². The number of amides is 1. The highest BCUT2D eigenvalue weighted by atomic mass is 16.5. The van der Waals surface area contributed by atoms with Gasteiger partial charge in [0.25, 0.3) is 5.91 Å². The highest BCUT2D eigenvalue weighted by Crippen LogP contribution is 2.14. The Labute approximate surface area is 141 Å². The summed E-state index contributed by atoms with van der Waals surface area (Å²) in [6.07, 6.45) is 7.84. The lowest BCUT2D eigenvalue weighted by Gasteiger charge is -2.01. The fourth-order valence-electron chi connectivity index (χ4n) is 2.50. The summed E-state index contributed by atoms with van der Waals surface area (Å²) < 4.78 is 1.78. The largest absolute Gasteiger partial charge is 0.350 e.